The third-order valence-electron chi connectivity index (χ3n) is 3.67. The van der Waals surface area contributed by atoms with Gasteiger partial charge in [0.1, 0.15) is 17.8 Å². The van der Waals surface area contributed by atoms with Crippen molar-refractivity contribution in [3.63, 3.8) is 0 Å². The van der Waals surface area contributed by atoms with Gasteiger partial charge in [0.25, 0.3) is 5.91 Å². The highest BCUT2D eigenvalue weighted by molar-refractivity contribution is 5.93. The molecule has 2 rings (SSSR count). The van der Waals surface area contributed by atoms with E-state index < -0.39 is 0 Å². The second-order valence-corrected chi connectivity index (χ2v) is 5.01. The van der Waals surface area contributed by atoms with Gasteiger partial charge in [-0.3, -0.25) is 4.79 Å². The van der Waals surface area contributed by atoms with E-state index in [1.807, 2.05) is 4.90 Å². The Morgan fingerprint density at radius 3 is 3.15 bits per heavy atom. The standard InChI is InChI=1S/C15H22N4O/c1-3-8-16-14-10-13(17-11-18-14)15(20)19-9-6-5-7-12(19)4-2/h3,10-12H,1,4-9H2,2H3,(H,16,17,18). The van der Waals surface area contributed by atoms with Crippen molar-refractivity contribution in [2.24, 2.45) is 0 Å². The molecule has 0 saturated carbocycles. The van der Waals surface area contributed by atoms with Gasteiger partial charge in [-0.05, 0) is 25.7 Å². The molecule has 1 aliphatic rings. The van der Waals surface area contributed by atoms with Crippen LogP contribution in [-0.2, 0) is 0 Å². The molecule has 1 amide bonds. The van der Waals surface area contributed by atoms with Gasteiger partial charge in [0.2, 0.25) is 0 Å². The molecule has 0 bridgehead atoms. The van der Waals surface area contributed by atoms with Crippen LogP contribution >= 0.6 is 0 Å². The molecule has 20 heavy (non-hydrogen) atoms. The summed E-state index contributed by atoms with van der Waals surface area (Å²) in [6, 6.07) is 2.06. The van der Waals surface area contributed by atoms with E-state index in [1.54, 1.807) is 12.1 Å². The van der Waals surface area contributed by atoms with Crippen LogP contribution in [-0.4, -0.2) is 39.9 Å². The minimum absolute atomic E-state index is 0.0144. The summed E-state index contributed by atoms with van der Waals surface area (Å²) in [7, 11) is 0. The second kappa shape index (κ2) is 7.03. The number of nitrogens with one attached hydrogen (secondary N) is 1. The Bertz CT molecular complexity index is 475. The van der Waals surface area contributed by atoms with E-state index in [0.29, 0.717) is 24.1 Å². The Morgan fingerprint density at radius 2 is 2.40 bits per heavy atom. The van der Waals surface area contributed by atoms with Gasteiger partial charge in [-0.15, -0.1) is 6.58 Å². The fourth-order valence-corrected chi connectivity index (χ4v) is 2.59. The van der Waals surface area contributed by atoms with Crippen molar-refractivity contribution in [1.29, 1.82) is 0 Å². The molecule has 0 spiro atoms. The number of hydrogen-bond acceptors (Lipinski definition) is 4. The third-order valence-corrected chi connectivity index (χ3v) is 3.67. The molecule has 1 saturated heterocycles. The first-order valence-electron chi connectivity index (χ1n) is 7.24. The van der Waals surface area contributed by atoms with E-state index in [-0.39, 0.29) is 5.91 Å². The smallest absolute Gasteiger partial charge is 0.272 e. The van der Waals surface area contributed by atoms with E-state index in [9.17, 15) is 4.79 Å². The number of carbonyl (C=O) groups excluding carboxylic acids is 1. The van der Waals surface area contributed by atoms with Crippen molar-refractivity contribution in [1.82, 2.24) is 14.9 Å². The molecule has 1 aromatic heterocycles. The lowest BCUT2D eigenvalue weighted by Gasteiger charge is -2.35. The number of anilines is 1. The predicted molar refractivity (Wildman–Crippen MR) is 79.7 cm³/mol. The van der Waals surface area contributed by atoms with Crippen LogP contribution in [0.15, 0.2) is 25.0 Å². The molecule has 5 nitrogen and oxygen atoms in total. The molecule has 1 N–H and O–H groups in total. The van der Waals surface area contributed by atoms with Crippen molar-refractivity contribution in [3.8, 4) is 0 Å². The molecule has 0 radical (unpaired) electrons. The minimum atomic E-state index is 0.0144. The summed E-state index contributed by atoms with van der Waals surface area (Å²) < 4.78 is 0. The van der Waals surface area contributed by atoms with Gasteiger partial charge < -0.3 is 10.2 Å². The Morgan fingerprint density at radius 1 is 1.55 bits per heavy atom. The van der Waals surface area contributed by atoms with Gasteiger partial charge in [-0.25, -0.2) is 9.97 Å². The van der Waals surface area contributed by atoms with Crippen molar-refractivity contribution < 1.29 is 4.79 Å². The molecule has 2 heterocycles. The fraction of sp³-hybridized carbons (Fsp3) is 0.533. The van der Waals surface area contributed by atoms with E-state index >= 15 is 0 Å². The number of likely N-dealkylation sites (tertiary alicyclic amines) is 1. The summed E-state index contributed by atoms with van der Waals surface area (Å²) in [6.07, 6.45) is 7.56. The van der Waals surface area contributed by atoms with Crippen LogP contribution < -0.4 is 5.32 Å². The molecule has 0 aliphatic carbocycles. The highest BCUT2D eigenvalue weighted by Crippen LogP contribution is 2.21. The lowest BCUT2D eigenvalue weighted by molar-refractivity contribution is 0.0602. The monoisotopic (exact) mass is 274 g/mol. The zero-order valence-corrected chi connectivity index (χ0v) is 12.0. The van der Waals surface area contributed by atoms with Crippen LogP contribution in [0.4, 0.5) is 5.82 Å². The van der Waals surface area contributed by atoms with Crippen LogP contribution in [0, 0.1) is 0 Å². The van der Waals surface area contributed by atoms with E-state index in [4.69, 9.17) is 0 Å². The molecular formula is C15H22N4O. The number of rotatable bonds is 5. The van der Waals surface area contributed by atoms with Crippen LogP contribution in [0.25, 0.3) is 0 Å². The molecule has 0 aromatic carbocycles. The summed E-state index contributed by atoms with van der Waals surface area (Å²) in [5.74, 6) is 0.675. The van der Waals surface area contributed by atoms with E-state index in [2.05, 4.69) is 28.8 Å². The molecule has 1 fully saturated rings. The maximum atomic E-state index is 12.6. The van der Waals surface area contributed by atoms with Crippen molar-refractivity contribution in [3.05, 3.63) is 30.7 Å². The SMILES string of the molecule is C=CCNc1cc(C(=O)N2CCCCC2CC)ncn1. The Hall–Kier alpha value is -1.91. The summed E-state index contributed by atoms with van der Waals surface area (Å²) >= 11 is 0. The van der Waals surface area contributed by atoms with Crippen LogP contribution in [0.5, 0.6) is 0 Å². The van der Waals surface area contributed by atoms with E-state index in [0.717, 1.165) is 25.8 Å². The summed E-state index contributed by atoms with van der Waals surface area (Å²) in [6.45, 7) is 7.23. The number of amides is 1. The van der Waals surface area contributed by atoms with Crippen molar-refractivity contribution in [2.75, 3.05) is 18.4 Å². The van der Waals surface area contributed by atoms with Gasteiger partial charge in [-0.2, -0.15) is 0 Å². The average Bonchev–Trinajstić information content (AvgIpc) is 2.52. The Kier molecular flexibility index (Phi) is 5.09. The lowest BCUT2D eigenvalue weighted by atomic mass is 9.99. The van der Waals surface area contributed by atoms with Crippen molar-refractivity contribution >= 4 is 11.7 Å². The second-order valence-electron chi connectivity index (χ2n) is 5.01. The van der Waals surface area contributed by atoms with Crippen molar-refractivity contribution in [2.45, 2.75) is 38.6 Å². The molecule has 108 valence electrons. The molecule has 5 heteroatoms. The molecule has 1 aromatic rings. The Labute approximate surface area is 120 Å². The zero-order chi connectivity index (χ0) is 14.4. The molecule has 1 aliphatic heterocycles. The predicted octanol–water partition coefficient (Wildman–Crippen LogP) is 2.48. The number of carbonyl (C=O) groups is 1. The quantitative estimate of drug-likeness (QED) is 0.838. The Balaban J connectivity index is 2.13. The molecular weight excluding hydrogens is 252 g/mol. The van der Waals surface area contributed by atoms with Gasteiger partial charge in [0.15, 0.2) is 0 Å². The minimum Gasteiger partial charge on any atom is -0.366 e. The summed E-state index contributed by atoms with van der Waals surface area (Å²) in [4.78, 5) is 22.8. The number of nitrogens with zero attached hydrogens (tertiary/aromatic N) is 3. The van der Waals surface area contributed by atoms with Crippen LogP contribution in [0.3, 0.4) is 0 Å². The maximum Gasteiger partial charge on any atom is 0.272 e. The summed E-state index contributed by atoms with van der Waals surface area (Å²) in [5, 5.41) is 3.08. The topological polar surface area (TPSA) is 58.1 Å². The highest BCUT2D eigenvalue weighted by atomic mass is 16.2. The largest absolute Gasteiger partial charge is 0.366 e. The highest BCUT2D eigenvalue weighted by Gasteiger charge is 2.27. The maximum absolute atomic E-state index is 12.6. The van der Waals surface area contributed by atoms with Gasteiger partial charge >= 0.3 is 0 Å². The lowest BCUT2D eigenvalue weighted by Crippen LogP contribution is -2.43. The average molecular weight is 274 g/mol. The summed E-state index contributed by atoms with van der Waals surface area (Å²) in [5.41, 5.74) is 0.465. The van der Waals surface area contributed by atoms with Crippen LogP contribution in [0.2, 0.25) is 0 Å². The first-order valence-corrected chi connectivity index (χ1v) is 7.24. The fourth-order valence-electron chi connectivity index (χ4n) is 2.59. The molecule has 1 atom stereocenters. The van der Waals surface area contributed by atoms with Gasteiger partial charge in [-0.1, -0.05) is 13.0 Å². The first kappa shape index (κ1) is 14.5. The number of hydrogen-bond donors (Lipinski definition) is 1. The van der Waals surface area contributed by atoms with Gasteiger partial charge in [0.05, 0.1) is 0 Å². The number of piperidine rings is 1. The third kappa shape index (κ3) is 3.35. The number of aromatic nitrogens is 2. The normalized spacial score (nSPS) is 18.6. The van der Waals surface area contributed by atoms with Gasteiger partial charge in [0, 0.05) is 25.2 Å². The zero-order valence-electron chi connectivity index (χ0n) is 12.0. The van der Waals surface area contributed by atoms with Crippen LogP contribution in [0.1, 0.15) is 43.1 Å². The van der Waals surface area contributed by atoms with E-state index in [1.165, 1.54) is 12.7 Å². The molecule has 1 unspecified atom stereocenters. The first-order chi connectivity index (χ1) is 9.76.